The first kappa shape index (κ1) is 32.7. The van der Waals surface area contributed by atoms with Gasteiger partial charge in [-0.15, -0.1) is 0 Å². The first-order valence-corrected chi connectivity index (χ1v) is 13.7. The second-order valence-corrected chi connectivity index (χ2v) is 10.6. The van der Waals surface area contributed by atoms with Crippen molar-refractivity contribution in [2.75, 3.05) is 33.0 Å². The Labute approximate surface area is 224 Å². The van der Waals surface area contributed by atoms with Crippen molar-refractivity contribution in [1.82, 2.24) is 10.2 Å². The van der Waals surface area contributed by atoms with Crippen LogP contribution < -0.4 is 5.32 Å². The highest BCUT2D eigenvalue weighted by Gasteiger charge is 2.62. The zero-order valence-electron chi connectivity index (χ0n) is 24.0. The van der Waals surface area contributed by atoms with Gasteiger partial charge in [0.2, 0.25) is 0 Å². The van der Waals surface area contributed by atoms with E-state index in [4.69, 9.17) is 24.2 Å². The number of nitrogens with zero attached hydrogens (tertiary/aromatic N) is 3. The normalized spacial score (nSPS) is 24.0. The molecule has 0 aromatic carbocycles. The van der Waals surface area contributed by atoms with Gasteiger partial charge in [0.05, 0.1) is 30.4 Å². The van der Waals surface area contributed by atoms with Crippen LogP contribution in [0, 0.1) is 22.7 Å². The summed E-state index contributed by atoms with van der Waals surface area (Å²) in [4.78, 5) is 15.3. The minimum Gasteiger partial charge on any atom is -0.444 e. The molecule has 1 amide bonds. The highest BCUT2D eigenvalue weighted by Crippen LogP contribution is 2.43. The maximum Gasteiger partial charge on any atom is 0.411 e. The van der Waals surface area contributed by atoms with Gasteiger partial charge in [-0.25, -0.2) is 4.79 Å². The third-order valence-electron chi connectivity index (χ3n) is 6.20. The van der Waals surface area contributed by atoms with Gasteiger partial charge in [0.15, 0.2) is 0 Å². The largest absolute Gasteiger partial charge is 0.444 e. The quantitative estimate of drug-likeness (QED) is 0.170. The fourth-order valence-corrected chi connectivity index (χ4v) is 4.39. The molecule has 0 bridgehead atoms. The summed E-state index contributed by atoms with van der Waals surface area (Å²) >= 11 is 0. The maximum atomic E-state index is 13.7. The van der Waals surface area contributed by atoms with Gasteiger partial charge in [-0.3, -0.25) is 4.90 Å². The van der Waals surface area contributed by atoms with Crippen LogP contribution in [0.25, 0.3) is 0 Å². The molecule has 9 heteroatoms. The molecule has 1 heterocycles. The summed E-state index contributed by atoms with van der Waals surface area (Å²) in [5.74, 6) is 0. The van der Waals surface area contributed by atoms with E-state index >= 15 is 0 Å². The first-order valence-electron chi connectivity index (χ1n) is 13.7. The Morgan fingerprint density at radius 2 is 1.68 bits per heavy atom. The SMILES string of the molecule is CCCCOC[C@@H]1[C@@H](OCCCC)[C@@](C)(OCCCC)[C@H](/C(C#N)=C/NCC#N)N1C(=O)OC(C)(C)C. The van der Waals surface area contributed by atoms with Crippen molar-refractivity contribution >= 4 is 6.09 Å². The molecule has 1 rings (SSSR count). The van der Waals surface area contributed by atoms with Gasteiger partial charge in [0.25, 0.3) is 0 Å². The Bertz CT molecular complexity index is 798. The smallest absolute Gasteiger partial charge is 0.411 e. The highest BCUT2D eigenvalue weighted by molar-refractivity contribution is 5.71. The van der Waals surface area contributed by atoms with Crippen molar-refractivity contribution in [3.05, 3.63) is 11.8 Å². The van der Waals surface area contributed by atoms with Crippen LogP contribution in [0.4, 0.5) is 4.79 Å². The molecule has 9 nitrogen and oxygen atoms in total. The molecule has 0 unspecified atom stereocenters. The van der Waals surface area contributed by atoms with Crippen LogP contribution in [0.3, 0.4) is 0 Å². The van der Waals surface area contributed by atoms with E-state index in [0.717, 1.165) is 38.5 Å². The molecule has 4 atom stereocenters. The molecule has 1 fully saturated rings. The Hall–Kier alpha value is -2.33. The van der Waals surface area contributed by atoms with Crippen LogP contribution >= 0.6 is 0 Å². The van der Waals surface area contributed by atoms with Crippen molar-refractivity contribution in [2.24, 2.45) is 0 Å². The highest BCUT2D eigenvalue weighted by atomic mass is 16.6. The van der Waals surface area contributed by atoms with E-state index in [2.05, 4.69) is 32.2 Å². The van der Waals surface area contributed by atoms with Crippen molar-refractivity contribution in [3.8, 4) is 12.1 Å². The van der Waals surface area contributed by atoms with Crippen LogP contribution in [0.1, 0.15) is 87.0 Å². The fraction of sp³-hybridized carbons (Fsp3) is 0.821. The Balaban J connectivity index is 3.68. The van der Waals surface area contributed by atoms with Gasteiger partial charge in [-0.05, 0) is 47.0 Å². The molecule has 0 aromatic heterocycles. The Morgan fingerprint density at radius 3 is 2.24 bits per heavy atom. The lowest BCUT2D eigenvalue weighted by atomic mass is 9.88. The van der Waals surface area contributed by atoms with Crippen LogP contribution in [-0.2, 0) is 18.9 Å². The van der Waals surface area contributed by atoms with Gasteiger partial charge in [-0.2, -0.15) is 10.5 Å². The molecule has 210 valence electrons. The van der Waals surface area contributed by atoms with Crippen molar-refractivity contribution in [1.29, 1.82) is 10.5 Å². The number of hydrogen-bond donors (Lipinski definition) is 1. The number of carbonyl (C=O) groups is 1. The summed E-state index contributed by atoms with van der Waals surface area (Å²) in [6.45, 7) is 15.3. The zero-order valence-corrected chi connectivity index (χ0v) is 24.0. The van der Waals surface area contributed by atoms with E-state index in [0.29, 0.717) is 19.8 Å². The fourth-order valence-electron chi connectivity index (χ4n) is 4.39. The number of nitrogens with one attached hydrogen (secondary N) is 1. The standard InChI is InChI=1S/C28H48N4O5/c1-8-11-16-34-21-23-25(35-17-12-9-2)28(7,36-18-13-10-3)24(22(19-30)20-31-15-14-29)32(23)26(33)37-27(4,5)6/h20,23-25,31H,8-13,15-18,21H2,1-7H3/b22-20+/t23-,24+,25-,28+/m1/s1. The van der Waals surface area contributed by atoms with E-state index in [1.165, 1.54) is 6.20 Å². The summed E-state index contributed by atoms with van der Waals surface area (Å²) < 4.78 is 24.9. The van der Waals surface area contributed by atoms with E-state index in [9.17, 15) is 10.1 Å². The van der Waals surface area contributed by atoms with E-state index in [1.807, 2.05) is 33.8 Å². The van der Waals surface area contributed by atoms with Crippen molar-refractivity contribution in [2.45, 2.75) is 116 Å². The molecule has 0 radical (unpaired) electrons. The van der Waals surface area contributed by atoms with Crippen LogP contribution in [0.5, 0.6) is 0 Å². The second kappa shape index (κ2) is 16.5. The summed E-state index contributed by atoms with van der Waals surface area (Å²) in [6, 6.07) is 2.92. The molecule has 0 saturated carbocycles. The number of rotatable bonds is 16. The molecule has 1 aliphatic rings. The first-order chi connectivity index (χ1) is 17.6. The summed E-state index contributed by atoms with van der Waals surface area (Å²) in [7, 11) is 0. The Kier molecular flexibility index (Phi) is 14.6. The lowest BCUT2D eigenvalue weighted by molar-refractivity contribution is -0.131. The molecular weight excluding hydrogens is 472 g/mol. The van der Waals surface area contributed by atoms with Gasteiger partial charge < -0.3 is 24.3 Å². The number of ether oxygens (including phenoxy) is 4. The number of likely N-dealkylation sites (tertiary alicyclic amines) is 1. The lowest BCUT2D eigenvalue weighted by Crippen LogP contribution is -2.52. The van der Waals surface area contributed by atoms with Crippen LogP contribution in [0.15, 0.2) is 11.8 Å². The number of amides is 1. The van der Waals surface area contributed by atoms with Gasteiger partial charge >= 0.3 is 6.09 Å². The number of nitriles is 2. The van der Waals surface area contributed by atoms with Crippen LogP contribution in [0.2, 0.25) is 0 Å². The number of unbranched alkanes of at least 4 members (excludes halogenated alkanes) is 3. The third kappa shape index (κ3) is 9.81. The van der Waals surface area contributed by atoms with Crippen LogP contribution in [-0.4, -0.2) is 73.4 Å². The zero-order chi connectivity index (χ0) is 27.9. The third-order valence-corrected chi connectivity index (χ3v) is 6.20. The average molecular weight is 521 g/mol. The maximum absolute atomic E-state index is 13.7. The predicted octanol–water partition coefficient (Wildman–Crippen LogP) is 5.07. The van der Waals surface area contributed by atoms with Gasteiger partial charge in [0.1, 0.15) is 29.9 Å². The molecule has 0 aliphatic carbocycles. The van der Waals surface area contributed by atoms with E-state index < -0.39 is 35.5 Å². The molecular formula is C28H48N4O5. The molecule has 1 N–H and O–H groups in total. The van der Waals surface area contributed by atoms with Crippen molar-refractivity contribution < 1.29 is 23.7 Å². The molecule has 1 saturated heterocycles. The molecule has 37 heavy (non-hydrogen) atoms. The topological polar surface area (TPSA) is 117 Å². The van der Waals surface area contributed by atoms with E-state index in [-0.39, 0.29) is 18.7 Å². The lowest BCUT2D eigenvalue weighted by Gasteiger charge is -2.37. The van der Waals surface area contributed by atoms with Crippen molar-refractivity contribution in [3.63, 3.8) is 0 Å². The molecule has 0 aromatic rings. The summed E-state index contributed by atoms with van der Waals surface area (Å²) in [5.41, 5.74) is -1.53. The average Bonchev–Trinajstić information content (AvgIpc) is 3.07. The monoisotopic (exact) mass is 520 g/mol. The number of hydrogen-bond acceptors (Lipinski definition) is 8. The Morgan fingerprint density at radius 1 is 1.05 bits per heavy atom. The minimum atomic E-state index is -1.05. The summed E-state index contributed by atoms with van der Waals surface area (Å²) in [5, 5.41) is 22.1. The van der Waals surface area contributed by atoms with E-state index in [1.54, 1.807) is 4.90 Å². The van der Waals surface area contributed by atoms with Gasteiger partial charge in [-0.1, -0.05) is 40.0 Å². The van der Waals surface area contributed by atoms with Gasteiger partial charge in [0, 0.05) is 26.0 Å². The molecule has 1 aliphatic heterocycles. The summed E-state index contributed by atoms with van der Waals surface area (Å²) in [6.07, 6.45) is 5.84. The second-order valence-electron chi connectivity index (χ2n) is 10.6. The number of carbonyl (C=O) groups excluding carboxylic acids is 1. The minimum absolute atomic E-state index is 0.0255. The predicted molar refractivity (Wildman–Crippen MR) is 143 cm³/mol. The molecule has 0 spiro atoms.